The molecule has 0 radical (unpaired) electrons. The first-order valence-electron chi connectivity index (χ1n) is 5.98. The van der Waals surface area contributed by atoms with Crippen LogP contribution in [0.15, 0.2) is 22.7 Å². The van der Waals surface area contributed by atoms with Crippen LogP contribution < -0.4 is 5.32 Å². The molecular weight excluding hydrogens is 321 g/mol. The Morgan fingerprint density at radius 2 is 2.11 bits per heavy atom. The van der Waals surface area contributed by atoms with Crippen molar-refractivity contribution in [1.29, 1.82) is 0 Å². The molecule has 1 amide bonds. The molecule has 0 aromatic heterocycles. The number of hydrogen-bond donors (Lipinski definition) is 1. The Hall–Kier alpha value is -0.610. The lowest BCUT2D eigenvalue weighted by Gasteiger charge is -2.28. The van der Waals surface area contributed by atoms with Gasteiger partial charge in [0, 0.05) is 10.5 Å². The summed E-state index contributed by atoms with van der Waals surface area (Å²) in [6.45, 7) is 0. The number of benzene rings is 1. The number of carbonyl (C=O) groups excluding carboxylic acids is 1. The van der Waals surface area contributed by atoms with Crippen LogP contribution >= 0.6 is 27.5 Å². The number of hydrogen-bond acceptors (Lipinski definition) is 1. The molecule has 2 rings (SSSR count). The summed E-state index contributed by atoms with van der Waals surface area (Å²) in [5, 5.41) is 2.91. The number of carbonyl (C=O) groups is 1. The predicted molar refractivity (Wildman–Crippen MR) is 73.5 cm³/mol. The van der Waals surface area contributed by atoms with Crippen molar-refractivity contribution in [2.75, 3.05) is 0 Å². The highest BCUT2D eigenvalue weighted by Gasteiger charge is 2.25. The fraction of sp³-hybridized carbons (Fsp3) is 0.462. The molecule has 1 aliphatic carbocycles. The molecule has 0 saturated heterocycles. The molecule has 2 atom stereocenters. The molecule has 1 aromatic rings. The van der Waals surface area contributed by atoms with E-state index in [1.54, 1.807) is 0 Å². The van der Waals surface area contributed by atoms with E-state index in [1.807, 2.05) is 0 Å². The molecule has 1 saturated carbocycles. The standard InChI is InChI=1S/C13H14BrClFNO/c14-10-7-8(16)5-6-9(10)13(18)17-12-4-2-1-3-11(12)15/h5-7,11-12H,1-4H2,(H,17,18). The monoisotopic (exact) mass is 333 g/mol. The average Bonchev–Trinajstić information content (AvgIpc) is 2.32. The maximum Gasteiger partial charge on any atom is 0.252 e. The van der Waals surface area contributed by atoms with Crippen molar-refractivity contribution in [3.05, 3.63) is 34.1 Å². The maximum atomic E-state index is 12.9. The highest BCUT2D eigenvalue weighted by Crippen LogP contribution is 2.24. The van der Waals surface area contributed by atoms with E-state index in [-0.39, 0.29) is 23.1 Å². The molecule has 0 spiro atoms. The Balaban J connectivity index is 2.07. The first-order valence-corrected chi connectivity index (χ1v) is 7.21. The average molecular weight is 335 g/mol. The van der Waals surface area contributed by atoms with Gasteiger partial charge < -0.3 is 5.32 Å². The van der Waals surface area contributed by atoms with E-state index in [1.165, 1.54) is 18.2 Å². The van der Waals surface area contributed by atoms with Gasteiger partial charge in [-0.25, -0.2) is 4.39 Å². The zero-order chi connectivity index (χ0) is 13.1. The van der Waals surface area contributed by atoms with Crippen LogP contribution in [0, 0.1) is 5.82 Å². The van der Waals surface area contributed by atoms with Gasteiger partial charge in [-0.2, -0.15) is 0 Å². The SMILES string of the molecule is O=C(NC1CCCCC1Cl)c1ccc(F)cc1Br. The van der Waals surface area contributed by atoms with Gasteiger partial charge in [0.25, 0.3) is 5.91 Å². The molecule has 1 aliphatic rings. The lowest BCUT2D eigenvalue weighted by Crippen LogP contribution is -2.42. The number of amides is 1. The van der Waals surface area contributed by atoms with E-state index >= 15 is 0 Å². The summed E-state index contributed by atoms with van der Waals surface area (Å²) < 4.78 is 13.4. The molecule has 1 fully saturated rings. The van der Waals surface area contributed by atoms with Crippen LogP contribution in [-0.2, 0) is 0 Å². The summed E-state index contributed by atoms with van der Waals surface area (Å²) in [6.07, 6.45) is 4.02. The second kappa shape index (κ2) is 6.02. The molecule has 0 aliphatic heterocycles. The van der Waals surface area contributed by atoms with E-state index in [9.17, 15) is 9.18 Å². The summed E-state index contributed by atoms with van der Waals surface area (Å²) in [4.78, 5) is 12.1. The Labute approximate surface area is 119 Å². The third-order valence-corrected chi connectivity index (χ3v) is 4.35. The molecule has 1 aromatic carbocycles. The van der Waals surface area contributed by atoms with Crippen LogP contribution in [0.4, 0.5) is 4.39 Å². The van der Waals surface area contributed by atoms with Gasteiger partial charge in [0.05, 0.1) is 10.9 Å². The minimum Gasteiger partial charge on any atom is -0.348 e. The van der Waals surface area contributed by atoms with Crippen molar-refractivity contribution in [1.82, 2.24) is 5.32 Å². The molecular formula is C13H14BrClFNO. The molecule has 1 N–H and O–H groups in total. The lowest BCUT2D eigenvalue weighted by atomic mass is 9.94. The Kier molecular flexibility index (Phi) is 4.62. The number of alkyl halides is 1. The second-order valence-electron chi connectivity index (χ2n) is 4.50. The maximum absolute atomic E-state index is 12.9. The van der Waals surface area contributed by atoms with E-state index in [0.29, 0.717) is 10.0 Å². The number of nitrogens with one attached hydrogen (secondary N) is 1. The van der Waals surface area contributed by atoms with Crippen molar-refractivity contribution in [3.8, 4) is 0 Å². The predicted octanol–water partition coefficient (Wildman–Crippen LogP) is 3.87. The summed E-state index contributed by atoms with van der Waals surface area (Å²) >= 11 is 9.39. The molecule has 18 heavy (non-hydrogen) atoms. The Morgan fingerprint density at radius 1 is 1.39 bits per heavy atom. The molecule has 98 valence electrons. The van der Waals surface area contributed by atoms with Gasteiger partial charge in [-0.3, -0.25) is 4.79 Å². The minimum absolute atomic E-state index is 0.00451. The van der Waals surface area contributed by atoms with Gasteiger partial charge in [0.15, 0.2) is 0 Å². The van der Waals surface area contributed by atoms with Crippen LogP contribution in [-0.4, -0.2) is 17.3 Å². The third-order valence-electron chi connectivity index (χ3n) is 3.17. The molecule has 5 heteroatoms. The first kappa shape index (κ1) is 13.8. The van der Waals surface area contributed by atoms with Crippen molar-refractivity contribution < 1.29 is 9.18 Å². The van der Waals surface area contributed by atoms with Crippen molar-refractivity contribution in [3.63, 3.8) is 0 Å². The topological polar surface area (TPSA) is 29.1 Å². The van der Waals surface area contributed by atoms with Crippen LogP contribution in [0.3, 0.4) is 0 Å². The molecule has 2 unspecified atom stereocenters. The summed E-state index contributed by atoms with van der Waals surface area (Å²) in [6, 6.07) is 4.04. The van der Waals surface area contributed by atoms with Gasteiger partial charge in [-0.1, -0.05) is 12.8 Å². The fourth-order valence-corrected chi connectivity index (χ4v) is 3.04. The summed E-state index contributed by atoms with van der Waals surface area (Å²) in [7, 11) is 0. The van der Waals surface area contributed by atoms with Gasteiger partial charge in [-0.15, -0.1) is 11.6 Å². The van der Waals surface area contributed by atoms with Crippen LogP contribution in [0.2, 0.25) is 0 Å². The largest absolute Gasteiger partial charge is 0.348 e. The van der Waals surface area contributed by atoms with Crippen molar-refractivity contribution in [2.24, 2.45) is 0 Å². The lowest BCUT2D eigenvalue weighted by molar-refractivity contribution is 0.0928. The first-order chi connectivity index (χ1) is 8.58. The number of halogens is 3. The third kappa shape index (κ3) is 3.23. The van der Waals surface area contributed by atoms with Gasteiger partial charge in [0.2, 0.25) is 0 Å². The van der Waals surface area contributed by atoms with Crippen LogP contribution in [0.5, 0.6) is 0 Å². The van der Waals surface area contributed by atoms with Crippen LogP contribution in [0.25, 0.3) is 0 Å². The smallest absolute Gasteiger partial charge is 0.252 e. The Bertz CT molecular complexity index is 455. The molecule has 0 heterocycles. The van der Waals surface area contributed by atoms with Crippen molar-refractivity contribution >= 4 is 33.4 Å². The highest BCUT2D eigenvalue weighted by molar-refractivity contribution is 9.10. The normalized spacial score (nSPS) is 23.7. The summed E-state index contributed by atoms with van der Waals surface area (Å²) in [5.74, 6) is -0.578. The van der Waals surface area contributed by atoms with E-state index in [2.05, 4.69) is 21.2 Å². The highest BCUT2D eigenvalue weighted by atomic mass is 79.9. The van der Waals surface area contributed by atoms with Crippen LogP contribution in [0.1, 0.15) is 36.0 Å². The Morgan fingerprint density at radius 3 is 2.78 bits per heavy atom. The molecule has 2 nitrogen and oxygen atoms in total. The molecule has 0 bridgehead atoms. The van der Waals surface area contributed by atoms with E-state index in [4.69, 9.17) is 11.6 Å². The quantitative estimate of drug-likeness (QED) is 0.817. The second-order valence-corrected chi connectivity index (χ2v) is 5.92. The zero-order valence-electron chi connectivity index (χ0n) is 9.76. The van der Waals surface area contributed by atoms with E-state index < -0.39 is 0 Å². The fourth-order valence-electron chi connectivity index (χ4n) is 2.17. The van der Waals surface area contributed by atoms with Gasteiger partial charge >= 0.3 is 0 Å². The van der Waals surface area contributed by atoms with Gasteiger partial charge in [-0.05, 0) is 47.0 Å². The number of rotatable bonds is 2. The zero-order valence-corrected chi connectivity index (χ0v) is 12.1. The van der Waals surface area contributed by atoms with E-state index in [0.717, 1.165) is 25.7 Å². The minimum atomic E-state index is -0.369. The van der Waals surface area contributed by atoms with Crippen molar-refractivity contribution in [2.45, 2.75) is 37.1 Å². The van der Waals surface area contributed by atoms with Gasteiger partial charge in [0.1, 0.15) is 5.82 Å². The summed E-state index contributed by atoms with van der Waals surface area (Å²) in [5.41, 5.74) is 0.436.